The Morgan fingerprint density at radius 2 is 1.57 bits per heavy atom. The summed E-state index contributed by atoms with van der Waals surface area (Å²) in [4.78, 5) is 28.9. The lowest BCUT2D eigenvalue weighted by atomic mass is 10.00. The molecule has 0 unspecified atom stereocenters. The Morgan fingerprint density at radius 1 is 1.04 bits per heavy atom. The van der Waals surface area contributed by atoms with E-state index >= 15 is 0 Å². The molecule has 2 amide bonds. The molecule has 7 heteroatoms. The highest BCUT2D eigenvalue weighted by molar-refractivity contribution is 6.00. The van der Waals surface area contributed by atoms with Crippen LogP contribution in [0.5, 0.6) is 0 Å². The zero-order chi connectivity index (χ0) is 17.1. The average Bonchev–Trinajstić information content (AvgIpc) is 2.50. The van der Waals surface area contributed by atoms with E-state index < -0.39 is 5.92 Å². The number of carbonyl (C=O) groups is 2. The molecule has 0 radical (unpaired) electrons. The van der Waals surface area contributed by atoms with Crippen LogP contribution in [-0.4, -0.2) is 75.0 Å². The maximum atomic E-state index is 12.3. The van der Waals surface area contributed by atoms with Crippen LogP contribution in [0.1, 0.15) is 25.7 Å². The van der Waals surface area contributed by atoms with Gasteiger partial charge in [-0.25, -0.2) is 0 Å². The number of hydrogen-bond acceptors (Lipinski definition) is 5. The van der Waals surface area contributed by atoms with Crippen LogP contribution in [-0.2, 0) is 9.59 Å². The predicted octanol–water partition coefficient (Wildman–Crippen LogP) is -0.204. The second-order valence-corrected chi connectivity index (χ2v) is 6.15. The van der Waals surface area contributed by atoms with Gasteiger partial charge < -0.3 is 20.4 Å². The first-order valence-electron chi connectivity index (χ1n) is 8.34. The molecular formula is C16H29N5O2. The zero-order valence-electron chi connectivity index (χ0n) is 14.3. The minimum absolute atomic E-state index is 0.237. The van der Waals surface area contributed by atoms with Crippen molar-refractivity contribution in [1.82, 2.24) is 20.4 Å². The molecule has 1 saturated heterocycles. The lowest BCUT2D eigenvalue weighted by molar-refractivity contribution is -0.135. The molecule has 1 rings (SSSR count). The Hall–Kier alpha value is -1.65. The molecule has 0 bridgehead atoms. The van der Waals surface area contributed by atoms with E-state index in [2.05, 4.69) is 26.5 Å². The zero-order valence-corrected chi connectivity index (χ0v) is 14.3. The van der Waals surface area contributed by atoms with Gasteiger partial charge in [0.2, 0.25) is 11.8 Å². The second kappa shape index (κ2) is 11.0. The highest BCUT2D eigenvalue weighted by Crippen LogP contribution is 2.09. The summed E-state index contributed by atoms with van der Waals surface area (Å²) in [5.41, 5.74) is 0. The van der Waals surface area contributed by atoms with Crippen LogP contribution in [0.25, 0.3) is 0 Å². The fourth-order valence-corrected chi connectivity index (χ4v) is 2.59. The number of rotatable bonds is 3. The van der Waals surface area contributed by atoms with Crippen molar-refractivity contribution in [2.24, 2.45) is 5.92 Å². The maximum Gasteiger partial charge on any atom is 0.232 e. The van der Waals surface area contributed by atoms with E-state index in [4.69, 9.17) is 5.26 Å². The van der Waals surface area contributed by atoms with E-state index in [9.17, 15) is 9.59 Å². The Bertz CT molecular complexity index is 393. The van der Waals surface area contributed by atoms with E-state index in [1.165, 1.54) is 0 Å². The molecule has 7 nitrogen and oxygen atoms in total. The van der Waals surface area contributed by atoms with Crippen molar-refractivity contribution < 1.29 is 9.59 Å². The first-order valence-corrected chi connectivity index (χ1v) is 8.34. The summed E-state index contributed by atoms with van der Waals surface area (Å²) >= 11 is 0. The molecule has 23 heavy (non-hydrogen) atoms. The van der Waals surface area contributed by atoms with Gasteiger partial charge in [-0.3, -0.25) is 9.59 Å². The summed E-state index contributed by atoms with van der Waals surface area (Å²) in [6.07, 6.45) is 2.40. The molecule has 0 saturated carbocycles. The largest absolute Gasteiger partial charge is 0.354 e. The third-order valence-corrected chi connectivity index (χ3v) is 4.08. The highest BCUT2D eigenvalue weighted by Gasteiger charge is 2.25. The molecule has 2 N–H and O–H groups in total. The molecular weight excluding hydrogens is 294 g/mol. The van der Waals surface area contributed by atoms with Gasteiger partial charge in [0.15, 0.2) is 0 Å². The smallest absolute Gasteiger partial charge is 0.232 e. The van der Waals surface area contributed by atoms with E-state index in [-0.39, 0.29) is 11.8 Å². The summed E-state index contributed by atoms with van der Waals surface area (Å²) in [5, 5.41) is 14.3. The fourth-order valence-electron chi connectivity index (χ4n) is 2.59. The molecule has 0 aromatic heterocycles. The molecule has 0 atom stereocenters. The van der Waals surface area contributed by atoms with Crippen LogP contribution in [0, 0.1) is 17.2 Å². The monoisotopic (exact) mass is 323 g/mol. The predicted molar refractivity (Wildman–Crippen MR) is 88.6 cm³/mol. The molecule has 130 valence electrons. The Labute approximate surface area is 139 Å². The molecule has 0 aromatic rings. The van der Waals surface area contributed by atoms with Crippen molar-refractivity contribution in [1.29, 1.82) is 5.26 Å². The topological polar surface area (TPSA) is 88.5 Å². The summed E-state index contributed by atoms with van der Waals surface area (Å²) in [6, 6.07) is 2.06. The molecule has 1 heterocycles. The summed E-state index contributed by atoms with van der Waals surface area (Å²) in [5.74, 6) is -1.18. The number of nitrogens with zero attached hydrogens (tertiary/aromatic N) is 3. The first kappa shape index (κ1) is 19.4. The van der Waals surface area contributed by atoms with Crippen LogP contribution in [0.2, 0.25) is 0 Å². The number of nitrogens with one attached hydrogen (secondary N) is 2. The van der Waals surface area contributed by atoms with Crippen LogP contribution in [0.4, 0.5) is 0 Å². The number of nitriles is 1. The second-order valence-electron chi connectivity index (χ2n) is 6.15. The van der Waals surface area contributed by atoms with Gasteiger partial charge in [-0.15, -0.1) is 0 Å². The first-order chi connectivity index (χ1) is 11.0. The number of carbonyl (C=O) groups excluding carboxylic acids is 2. The van der Waals surface area contributed by atoms with Crippen molar-refractivity contribution in [2.45, 2.75) is 25.7 Å². The fraction of sp³-hybridized carbons (Fsp3) is 0.812. The third kappa shape index (κ3) is 7.95. The van der Waals surface area contributed by atoms with Crippen molar-refractivity contribution >= 4 is 11.8 Å². The van der Waals surface area contributed by atoms with Crippen molar-refractivity contribution in [3.63, 3.8) is 0 Å². The average molecular weight is 323 g/mol. The van der Waals surface area contributed by atoms with Crippen LogP contribution in [0.3, 0.4) is 0 Å². The summed E-state index contributed by atoms with van der Waals surface area (Å²) in [7, 11) is 4.07. The maximum absolute atomic E-state index is 12.3. The van der Waals surface area contributed by atoms with E-state index in [0.29, 0.717) is 32.4 Å². The van der Waals surface area contributed by atoms with Gasteiger partial charge in [0.1, 0.15) is 5.92 Å². The molecule has 1 aliphatic rings. The Balaban J connectivity index is 2.65. The van der Waals surface area contributed by atoms with E-state index in [0.717, 1.165) is 32.6 Å². The van der Waals surface area contributed by atoms with Gasteiger partial charge in [0, 0.05) is 32.6 Å². The van der Waals surface area contributed by atoms with Gasteiger partial charge in [-0.1, -0.05) is 0 Å². The Morgan fingerprint density at radius 3 is 2.04 bits per heavy atom. The van der Waals surface area contributed by atoms with Crippen molar-refractivity contribution in [3.05, 3.63) is 0 Å². The van der Waals surface area contributed by atoms with Crippen LogP contribution >= 0.6 is 0 Å². The standard InChI is InChI=1S/C16H29N5O2/c1-20-10-5-11-21(2)13-9-19-16(23)14(6-3-4-7-17)15(22)18-8-12-20/h14H,3-6,8-13H2,1-2H3,(H,18,22)(H,19,23). The van der Waals surface area contributed by atoms with Gasteiger partial charge in [-0.2, -0.15) is 5.26 Å². The van der Waals surface area contributed by atoms with E-state index in [1.807, 2.05) is 14.1 Å². The number of hydrogen-bond donors (Lipinski definition) is 2. The molecule has 0 spiro atoms. The minimum atomic E-state index is -0.707. The Kier molecular flexibility index (Phi) is 9.25. The summed E-state index contributed by atoms with van der Waals surface area (Å²) < 4.78 is 0. The highest BCUT2D eigenvalue weighted by atomic mass is 16.2. The molecule has 0 aromatic carbocycles. The quantitative estimate of drug-likeness (QED) is 0.554. The van der Waals surface area contributed by atoms with Gasteiger partial charge in [-0.05, 0) is 46.4 Å². The van der Waals surface area contributed by atoms with Gasteiger partial charge in [0.05, 0.1) is 6.07 Å². The van der Waals surface area contributed by atoms with Gasteiger partial charge in [0.25, 0.3) is 0 Å². The number of amides is 2. The van der Waals surface area contributed by atoms with Crippen LogP contribution in [0.15, 0.2) is 0 Å². The van der Waals surface area contributed by atoms with E-state index in [1.54, 1.807) is 0 Å². The molecule has 0 aliphatic carbocycles. The van der Waals surface area contributed by atoms with Crippen molar-refractivity contribution in [3.8, 4) is 6.07 Å². The lowest BCUT2D eigenvalue weighted by Gasteiger charge is -2.23. The third-order valence-electron chi connectivity index (χ3n) is 4.08. The molecule has 1 aliphatic heterocycles. The SMILES string of the molecule is CN1CCCN(C)CCNC(=O)C(CCCC#N)C(=O)NCC1. The van der Waals surface area contributed by atoms with Crippen LogP contribution < -0.4 is 10.6 Å². The minimum Gasteiger partial charge on any atom is -0.354 e. The molecule has 1 fully saturated rings. The van der Waals surface area contributed by atoms with Gasteiger partial charge >= 0.3 is 0 Å². The van der Waals surface area contributed by atoms with Crippen molar-refractivity contribution in [2.75, 3.05) is 53.4 Å². The number of unbranched alkanes of at least 4 members (excludes halogenated alkanes) is 1. The lowest BCUT2D eigenvalue weighted by Crippen LogP contribution is -2.45. The number of likely N-dealkylation sites (N-methyl/N-ethyl adjacent to an activating group) is 2. The summed E-state index contributed by atoms with van der Waals surface area (Å²) in [6.45, 7) is 4.57. The normalized spacial score (nSPS) is 21.1.